The van der Waals surface area contributed by atoms with Crippen LogP contribution in [0.4, 0.5) is 5.69 Å². The van der Waals surface area contributed by atoms with Crippen LogP contribution in [0, 0.1) is 10.1 Å². The first-order valence-electron chi connectivity index (χ1n) is 8.09. The second-order valence-corrected chi connectivity index (χ2v) is 7.66. The molecule has 1 saturated heterocycles. The maximum Gasteiger partial charge on any atom is 0.307 e. The zero-order chi connectivity index (χ0) is 17.9. The summed E-state index contributed by atoms with van der Waals surface area (Å²) in [5.74, 6) is 1.24. The maximum absolute atomic E-state index is 10.8. The highest BCUT2D eigenvalue weighted by molar-refractivity contribution is 7.98. The molecule has 0 spiro atoms. The van der Waals surface area contributed by atoms with Gasteiger partial charge in [0.25, 0.3) is 0 Å². The van der Waals surface area contributed by atoms with Gasteiger partial charge in [-0.05, 0) is 24.3 Å². The fourth-order valence-corrected chi connectivity index (χ4v) is 4.30. The number of nitro groups is 1. The van der Waals surface area contributed by atoms with Crippen LogP contribution >= 0.6 is 23.1 Å². The van der Waals surface area contributed by atoms with Gasteiger partial charge in [-0.25, -0.2) is 0 Å². The van der Waals surface area contributed by atoms with Crippen molar-refractivity contribution in [3.8, 4) is 10.7 Å². The van der Waals surface area contributed by atoms with Gasteiger partial charge in [0.2, 0.25) is 0 Å². The quantitative estimate of drug-likeness (QED) is 0.346. The Morgan fingerprint density at radius 3 is 3.08 bits per heavy atom. The van der Waals surface area contributed by atoms with E-state index in [1.807, 2.05) is 17.5 Å². The Hall–Kier alpha value is -2.24. The fourth-order valence-electron chi connectivity index (χ4n) is 2.78. The number of rotatable bonds is 7. The largest absolute Gasteiger partial charge is 0.376 e. The second-order valence-electron chi connectivity index (χ2n) is 5.80. The van der Waals surface area contributed by atoms with Crippen molar-refractivity contribution in [2.75, 3.05) is 6.61 Å². The summed E-state index contributed by atoms with van der Waals surface area (Å²) < 4.78 is 9.37. The van der Waals surface area contributed by atoms with E-state index < -0.39 is 4.92 Å². The molecule has 0 amide bonds. The van der Waals surface area contributed by atoms with E-state index in [2.05, 4.69) is 19.9 Å². The Morgan fingerprint density at radius 1 is 1.46 bits per heavy atom. The Balaban J connectivity index is 1.55. The Kier molecular flexibility index (Phi) is 5.00. The molecule has 3 aromatic heterocycles. The topological polar surface area (TPSA) is 101 Å². The highest BCUT2D eigenvalue weighted by atomic mass is 32.2. The van der Waals surface area contributed by atoms with Gasteiger partial charge in [-0.15, -0.1) is 21.5 Å². The lowest BCUT2D eigenvalue weighted by Gasteiger charge is -2.14. The molecule has 0 saturated carbocycles. The molecular weight excluding hydrogens is 376 g/mol. The molecule has 1 aliphatic heterocycles. The average Bonchev–Trinajstić information content (AvgIpc) is 3.41. The van der Waals surface area contributed by atoms with Crippen LogP contribution in [0.2, 0.25) is 0 Å². The number of ether oxygens (including phenoxy) is 1. The molecule has 1 atom stereocenters. The molecule has 11 heteroatoms. The highest BCUT2D eigenvalue weighted by Crippen LogP contribution is 2.29. The maximum atomic E-state index is 10.8. The van der Waals surface area contributed by atoms with Crippen molar-refractivity contribution in [3.05, 3.63) is 40.0 Å². The van der Waals surface area contributed by atoms with Crippen LogP contribution < -0.4 is 0 Å². The molecule has 9 nitrogen and oxygen atoms in total. The number of thiophene rings is 1. The van der Waals surface area contributed by atoms with E-state index in [0.717, 1.165) is 35.3 Å². The van der Waals surface area contributed by atoms with Gasteiger partial charge >= 0.3 is 5.69 Å². The molecule has 136 valence electrons. The van der Waals surface area contributed by atoms with Crippen molar-refractivity contribution in [3.63, 3.8) is 0 Å². The smallest absolute Gasteiger partial charge is 0.307 e. The van der Waals surface area contributed by atoms with Crippen LogP contribution in [0.15, 0.2) is 35.1 Å². The first-order chi connectivity index (χ1) is 12.7. The predicted molar refractivity (Wildman–Crippen MR) is 97.0 cm³/mol. The SMILES string of the molecule is O=[N+]([O-])c1cnn(CSc2nnc(-c3cccs3)n2CC2CCCO2)c1. The zero-order valence-electron chi connectivity index (χ0n) is 13.7. The van der Waals surface area contributed by atoms with Gasteiger partial charge in [0.05, 0.1) is 28.3 Å². The molecule has 0 bridgehead atoms. The first-order valence-corrected chi connectivity index (χ1v) is 9.95. The van der Waals surface area contributed by atoms with Gasteiger partial charge in [-0.1, -0.05) is 17.8 Å². The summed E-state index contributed by atoms with van der Waals surface area (Å²) in [5.41, 5.74) is -0.0225. The van der Waals surface area contributed by atoms with Crippen molar-refractivity contribution < 1.29 is 9.66 Å². The second kappa shape index (κ2) is 7.56. The number of aromatic nitrogens is 5. The molecule has 0 radical (unpaired) electrons. The minimum absolute atomic E-state index is 0.0225. The summed E-state index contributed by atoms with van der Waals surface area (Å²) in [6.45, 7) is 1.49. The predicted octanol–water partition coefficient (Wildman–Crippen LogP) is 3.04. The lowest BCUT2D eigenvalue weighted by atomic mass is 10.2. The summed E-state index contributed by atoms with van der Waals surface area (Å²) in [7, 11) is 0. The Labute approximate surface area is 157 Å². The van der Waals surface area contributed by atoms with Crippen LogP contribution in [-0.4, -0.2) is 42.2 Å². The van der Waals surface area contributed by atoms with E-state index in [9.17, 15) is 10.1 Å². The van der Waals surface area contributed by atoms with Crippen molar-refractivity contribution in [2.45, 2.75) is 36.5 Å². The molecule has 1 unspecified atom stereocenters. The third-order valence-electron chi connectivity index (χ3n) is 4.02. The van der Waals surface area contributed by atoms with Crippen LogP contribution in [0.25, 0.3) is 10.7 Å². The molecule has 4 heterocycles. The van der Waals surface area contributed by atoms with E-state index in [-0.39, 0.29) is 11.8 Å². The van der Waals surface area contributed by atoms with Gasteiger partial charge in [-0.2, -0.15) is 5.10 Å². The van der Waals surface area contributed by atoms with E-state index in [1.165, 1.54) is 28.8 Å². The molecule has 3 aromatic rings. The third kappa shape index (κ3) is 3.64. The summed E-state index contributed by atoms with van der Waals surface area (Å²) in [6, 6.07) is 4.01. The van der Waals surface area contributed by atoms with Crippen LogP contribution in [-0.2, 0) is 17.2 Å². The number of hydrogen-bond donors (Lipinski definition) is 0. The van der Waals surface area contributed by atoms with Gasteiger partial charge in [-0.3, -0.25) is 19.4 Å². The van der Waals surface area contributed by atoms with E-state index in [1.54, 1.807) is 11.3 Å². The molecule has 1 aliphatic rings. The molecule has 0 aromatic carbocycles. The molecule has 26 heavy (non-hydrogen) atoms. The summed E-state index contributed by atoms with van der Waals surface area (Å²) in [6.07, 6.45) is 4.91. The zero-order valence-corrected chi connectivity index (χ0v) is 15.4. The molecule has 0 N–H and O–H groups in total. The molecule has 0 aliphatic carbocycles. The van der Waals surface area contributed by atoms with Crippen molar-refractivity contribution in [1.82, 2.24) is 24.5 Å². The van der Waals surface area contributed by atoms with Crippen LogP contribution in [0.1, 0.15) is 12.8 Å². The molecule has 1 fully saturated rings. The normalized spacial score (nSPS) is 17.0. The van der Waals surface area contributed by atoms with Gasteiger partial charge in [0, 0.05) is 6.61 Å². The van der Waals surface area contributed by atoms with Crippen molar-refractivity contribution in [1.29, 1.82) is 0 Å². The van der Waals surface area contributed by atoms with E-state index >= 15 is 0 Å². The number of thioether (sulfide) groups is 1. The Bertz CT molecular complexity index is 885. The lowest BCUT2D eigenvalue weighted by molar-refractivity contribution is -0.385. The van der Waals surface area contributed by atoms with Gasteiger partial charge < -0.3 is 4.74 Å². The van der Waals surface area contributed by atoms with Crippen molar-refractivity contribution >= 4 is 28.8 Å². The fraction of sp³-hybridized carbons (Fsp3) is 0.400. The monoisotopic (exact) mass is 392 g/mol. The number of nitrogens with zero attached hydrogens (tertiary/aromatic N) is 6. The lowest BCUT2D eigenvalue weighted by Crippen LogP contribution is -2.16. The van der Waals surface area contributed by atoms with E-state index in [0.29, 0.717) is 12.4 Å². The third-order valence-corrected chi connectivity index (χ3v) is 5.84. The minimum atomic E-state index is -0.455. The summed E-state index contributed by atoms with van der Waals surface area (Å²) in [4.78, 5) is 11.4. The summed E-state index contributed by atoms with van der Waals surface area (Å²) in [5, 5.41) is 26.2. The molecular formula is C15H16N6O3S2. The standard InChI is InChI=1S/C15H16N6O3S2/c22-21(23)11-7-16-19(8-11)10-26-15-18-17-14(13-4-2-6-25-13)20(15)9-12-3-1-5-24-12/h2,4,6-8,12H,1,3,5,9-10H2. The van der Waals surface area contributed by atoms with Crippen molar-refractivity contribution in [2.24, 2.45) is 0 Å². The highest BCUT2D eigenvalue weighted by Gasteiger charge is 2.22. The van der Waals surface area contributed by atoms with E-state index in [4.69, 9.17) is 4.74 Å². The minimum Gasteiger partial charge on any atom is -0.376 e. The average molecular weight is 392 g/mol. The first kappa shape index (κ1) is 17.2. The summed E-state index contributed by atoms with van der Waals surface area (Å²) >= 11 is 3.06. The van der Waals surface area contributed by atoms with Gasteiger partial charge in [0.1, 0.15) is 12.4 Å². The van der Waals surface area contributed by atoms with Gasteiger partial charge in [0.15, 0.2) is 11.0 Å². The van der Waals surface area contributed by atoms with Crippen LogP contribution in [0.3, 0.4) is 0 Å². The van der Waals surface area contributed by atoms with Crippen LogP contribution in [0.5, 0.6) is 0 Å². The Morgan fingerprint density at radius 2 is 2.38 bits per heavy atom. The molecule has 4 rings (SSSR count). The number of hydrogen-bond acceptors (Lipinski definition) is 8.